The molecule has 2 aromatic heterocycles. The van der Waals surface area contributed by atoms with Crippen molar-refractivity contribution in [2.45, 2.75) is 23.9 Å². The number of aromatic nitrogens is 4. The minimum absolute atomic E-state index is 0.0196. The molecule has 0 saturated heterocycles. The number of allylic oxidation sites excluding steroid dienone is 1. The van der Waals surface area contributed by atoms with E-state index in [0.29, 0.717) is 16.4 Å². The van der Waals surface area contributed by atoms with E-state index in [0.717, 1.165) is 17.3 Å². The van der Waals surface area contributed by atoms with E-state index in [4.69, 9.17) is 4.74 Å². The molecule has 0 spiro atoms. The van der Waals surface area contributed by atoms with Gasteiger partial charge in [-0.25, -0.2) is 9.97 Å². The quantitative estimate of drug-likeness (QED) is 0.147. The monoisotopic (exact) mass is 461 g/mol. The molecule has 0 aliphatic rings. The van der Waals surface area contributed by atoms with Crippen LogP contribution in [-0.4, -0.2) is 43.0 Å². The zero-order valence-corrected chi connectivity index (χ0v) is 18.6. The predicted molar refractivity (Wildman–Crippen MR) is 125 cm³/mol. The van der Waals surface area contributed by atoms with E-state index in [1.165, 1.54) is 11.7 Å². The number of aromatic amines is 1. The van der Waals surface area contributed by atoms with Crippen LogP contribution in [0.5, 0.6) is 0 Å². The number of fused-ring (bicyclic) bond motifs is 2. The van der Waals surface area contributed by atoms with Gasteiger partial charge in [0, 0.05) is 0 Å². The Morgan fingerprint density at radius 1 is 1.21 bits per heavy atom. The molecule has 0 fully saturated rings. The van der Waals surface area contributed by atoms with Crippen molar-refractivity contribution in [2.75, 3.05) is 7.11 Å². The molecule has 1 atom stereocenters. The summed E-state index contributed by atoms with van der Waals surface area (Å²) < 4.78 is 5.93. The Morgan fingerprint density at radius 2 is 1.91 bits per heavy atom. The number of esters is 1. The van der Waals surface area contributed by atoms with Crippen LogP contribution in [0.2, 0.25) is 0 Å². The second-order valence-corrected chi connectivity index (χ2v) is 8.42. The van der Waals surface area contributed by atoms with Gasteiger partial charge in [-0.2, -0.15) is 5.26 Å². The van der Waals surface area contributed by atoms with E-state index in [1.54, 1.807) is 37.3 Å². The second-order valence-electron chi connectivity index (χ2n) is 7.11. The molecule has 4 aromatic rings. The van der Waals surface area contributed by atoms with Crippen LogP contribution in [0.15, 0.2) is 64.2 Å². The number of hydrogen-bond acceptors (Lipinski definition) is 8. The van der Waals surface area contributed by atoms with Crippen LogP contribution in [0.25, 0.3) is 27.5 Å². The van der Waals surface area contributed by atoms with Crippen molar-refractivity contribution in [1.82, 2.24) is 19.5 Å². The summed E-state index contributed by atoms with van der Waals surface area (Å²) in [6.45, 7) is 1.34. The average Bonchev–Trinajstić information content (AvgIpc) is 3.25. The van der Waals surface area contributed by atoms with Gasteiger partial charge in [-0.05, 0) is 31.2 Å². The smallest absolute Gasteiger partial charge is 0.325 e. The Labute approximate surface area is 192 Å². The van der Waals surface area contributed by atoms with Crippen LogP contribution in [0.1, 0.15) is 12.7 Å². The van der Waals surface area contributed by atoms with Gasteiger partial charge >= 0.3 is 5.97 Å². The zero-order chi connectivity index (χ0) is 23.5. The van der Waals surface area contributed by atoms with Gasteiger partial charge < -0.3 is 14.8 Å². The lowest BCUT2D eigenvalue weighted by Gasteiger charge is -2.16. The molecule has 0 radical (unpaired) electrons. The lowest BCUT2D eigenvalue weighted by Crippen LogP contribution is -2.28. The summed E-state index contributed by atoms with van der Waals surface area (Å²) in [5.74, 6) is -0.598. The number of methoxy groups -OCH3 is 1. The van der Waals surface area contributed by atoms with Crippen molar-refractivity contribution in [3.8, 4) is 6.07 Å². The topological polar surface area (TPSA) is 134 Å². The van der Waals surface area contributed by atoms with Gasteiger partial charge in [0.1, 0.15) is 23.9 Å². The Kier molecular flexibility index (Phi) is 6.15. The van der Waals surface area contributed by atoms with Crippen molar-refractivity contribution in [2.24, 2.45) is 0 Å². The number of nitrogens with one attached hydrogen (secondary N) is 1. The van der Waals surface area contributed by atoms with Crippen LogP contribution < -0.4 is 5.56 Å². The van der Waals surface area contributed by atoms with Crippen molar-refractivity contribution in [3.05, 3.63) is 70.5 Å². The van der Waals surface area contributed by atoms with Gasteiger partial charge in [0.05, 0.1) is 34.3 Å². The number of aliphatic hydroxyl groups excluding tert-OH is 1. The van der Waals surface area contributed by atoms with Gasteiger partial charge in [0.25, 0.3) is 5.56 Å². The predicted octanol–water partition coefficient (Wildman–Crippen LogP) is 3.42. The molecule has 0 bridgehead atoms. The summed E-state index contributed by atoms with van der Waals surface area (Å²) in [6, 6.07) is 16.1. The number of para-hydroxylation sites is 3. The highest BCUT2D eigenvalue weighted by Crippen LogP contribution is 2.30. The van der Waals surface area contributed by atoms with Crippen LogP contribution in [0, 0.1) is 11.3 Å². The van der Waals surface area contributed by atoms with Crippen molar-refractivity contribution < 1.29 is 14.6 Å². The number of hydrogen-bond donors (Lipinski definition) is 2. The highest BCUT2D eigenvalue weighted by atomic mass is 32.2. The Hall–Kier alpha value is -4.10. The summed E-state index contributed by atoms with van der Waals surface area (Å²) in [5, 5.41) is 20.5. The number of H-pyrrole nitrogens is 1. The largest absolute Gasteiger partial charge is 0.510 e. The van der Waals surface area contributed by atoms with Crippen LogP contribution >= 0.6 is 11.8 Å². The second kappa shape index (κ2) is 9.18. The molecule has 10 heteroatoms. The molecule has 0 saturated carbocycles. The highest BCUT2D eigenvalue weighted by molar-refractivity contribution is 7.99. The van der Waals surface area contributed by atoms with Gasteiger partial charge in [-0.1, -0.05) is 36.0 Å². The number of ether oxygens (including phenoxy) is 1. The van der Waals surface area contributed by atoms with E-state index < -0.39 is 16.8 Å². The fraction of sp³-hybridized carbons (Fsp3) is 0.174. The summed E-state index contributed by atoms with van der Waals surface area (Å²) in [5.41, 5.74) is 1.43. The number of rotatable bonds is 6. The van der Waals surface area contributed by atoms with Crippen molar-refractivity contribution in [1.29, 1.82) is 5.26 Å². The zero-order valence-electron chi connectivity index (χ0n) is 17.8. The molecule has 9 nitrogen and oxygen atoms in total. The number of aliphatic hydroxyl groups is 1. The first-order valence-electron chi connectivity index (χ1n) is 9.94. The molecule has 166 valence electrons. The lowest BCUT2D eigenvalue weighted by atomic mass is 10.2. The number of carbonyl (C=O) groups excluding carboxylic acids is 1. The number of carbonyl (C=O) groups is 1. The molecule has 2 heterocycles. The average molecular weight is 462 g/mol. The van der Waals surface area contributed by atoms with Gasteiger partial charge in [0.2, 0.25) is 0 Å². The summed E-state index contributed by atoms with van der Waals surface area (Å²) in [6.07, 6.45) is 0. The minimum atomic E-state index is -0.676. The molecule has 2 aromatic carbocycles. The van der Waals surface area contributed by atoms with E-state index >= 15 is 0 Å². The molecular weight excluding hydrogens is 442 g/mol. The van der Waals surface area contributed by atoms with Crippen LogP contribution in [0.3, 0.4) is 0 Å². The fourth-order valence-corrected chi connectivity index (χ4v) is 4.26. The molecular formula is C23H19N5O4S. The SMILES string of the molecule is COC(=O)Cn1c(SC(C)/C(O)=C(\C#N)c2nc3ccccc3[nH]2)nc2ccccc2c1=O. The summed E-state index contributed by atoms with van der Waals surface area (Å²) in [4.78, 5) is 36.9. The van der Waals surface area contributed by atoms with Crippen molar-refractivity contribution >= 4 is 45.2 Å². The Balaban J connectivity index is 1.76. The third-order valence-electron chi connectivity index (χ3n) is 5.00. The number of imidazole rings is 1. The molecule has 2 N–H and O–H groups in total. The molecule has 4 rings (SSSR count). The van der Waals surface area contributed by atoms with E-state index in [9.17, 15) is 20.0 Å². The lowest BCUT2D eigenvalue weighted by molar-refractivity contribution is -0.141. The van der Waals surface area contributed by atoms with Gasteiger partial charge in [-0.15, -0.1) is 0 Å². The van der Waals surface area contributed by atoms with Gasteiger partial charge in [-0.3, -0.25) is 14.2 Å². The molecule has 0 aliphatic carbocycles. The third-order valence-corrected chi connectivity index (χ3v) is 6.10. The maximum Gasteiger partial charge on any atom is 0.325 e. The van der Waals surface area contributed by atoms with E-state index in [1.807, 2.05) is 24.3 Å². The van der Waals surface area contributed by atoms with Gasteiger partial charge in [0.15, 0.2) is 11.0 Å². The summed E-state index contributed by atoms with van der Waals surface area (Å²) >= 11 is 1.05. The van der Waals surface area contributed by atoms with E-state index in [-0.39, 0.29) is 28.9 Å². The highest BCUT2D eigenvalue weighted by Gasteiger charge is 2.22. The Morgan fingerprint density at radius 3 is 2.61 bits per heavy atom. The molecule has 1 unspecified atom stereocenters. The standard InChI is InChI=1S/C23H19N5O4S/c1-13(20(30)15(11-24)21-25-17-9-5-6-10-18(17)26-21)33-23-27-16-8-4-3-7-14(16)22(31)28(23)12-19(29)32-2/h3-10,13,30H,12H2,1-2H3,(H,25,26)/b20-15-. The first kappa shape index (κ1) is 22.1. The number of nitrogens with zero attached hydrogens (tertiary/aromatic N) is 4. The Bertz CT molecular complexity index is 1470. The van der Waals surface area contributed by atoms with E-state index in [2.05, 4.69) is 15.0 Å². The number of nitriles is 1. The van der Waals surface area contributed by atoms with Crippen LogP contribution in [-0.2, 0) is 16.1 Å². The third kappa shape index (κ3) is 4.31. The maximum absolute atomic E-state index is 13.0. The maximum atomic E-state index is 13.0. The molecule has 0 amide bonds. The molecule has 33 heavy (non-hydrogen) atoms. The first-order valence-corrected chi connectivity index (χ1v) is 10.8. The number of benzene rings is 2. The number of thioether (sulfide) groups is 1. The first-order chi connectivity index (χ1) is 15.9. The van der Waals surface area contributed by atoms with Crippen molar-refractivity contribution in [3.63, 3.8) is 0 Å². The summed E-state index contributed by atoms with van der Waals surface area (Å²) in [7, 11) is 1.23. The minimum Gasteiger partial charge on any atom is -0.510 e. The fourth-order valence-electron chi connectivity index (χ4n) is 3.29. The van der Waals surface area contributed by atoms with Crippen LogP contribution in [0.4, 0.5) is 0 Å². The normalized spacial score (nSPS) is 12.9. The molecule has 0 aliphatic heterocycles.